The Morgan fingerprint density at radius 3 is 2.86 bits per heavy atom. The zero-order chi connectivity index (χ0) is 9.97. The van der Waals surface area contributed by atoms with Crippen LogP contribution in [0.3, 0.4) is 0 Å². The number of halogens is 1. The number of rotatable bonds is 2. The third kappa shape index (κ3) is 1.49. The first-order valence-corrected chi connectivity index (χ1v) is 4.78. The second kappa shape index (κ2) is 3.76. The highest BCUT2D eigenvalue weighted by Crippen LogP contribution is 2.16. The SMILES string of the molecule is O=Cc1nc2ccccc2cc1CCl. The number of alkyl halides is 1. The normalized spacial score (nSPS) is 10.4. The second-order valence-electron chi connectivity index (χ2n) is 2.98. The number of hydrogen-bond donors (Lipinski definition) is 0. The lowest BCUT2D eigenvalue weighted by atomic mass is 10.1. The van der Waals surface area contributed by atoms with Gasteiger partial charge >= 0.3 is 0 Å². The smallest absolute Gasteiger partial charge is 0.168 e. The van der Waals surface area contributed by atoms with Crippen molar-refractivity contribution in [2.45, 2.75) is 5.88 Å². The highest BCUT2D eigenvalue weighted by Gasteiger charge is 2.04. The molecule has 0 aliphatic heterocycles. The average Bonchev–Trinajstić information content (AvgIpc) is 2.27. The molecule has 0 amide bonds. The van der Waals surface area contributed by atoms with E-state index in [1.165, 1.54) is 0 Å². The van der Waals surface area contributed by atoms with E-state index >= 15 is 0 Å². The molecule has 0 N–H and O–H groups in total. The van der Waals surface area contributed by atoms with E-state index in [4.69, 9.17) is 11.6 Å². The molecule has 2 nitrogen and oxygen atoms in total. The molecule has 0 saturated carbocycles. The molecule has 1 aromatic carbocycles. The van der Waals surface area contributed by atoms with Crippen LogP contribution in [0.1, 0.15) is 16.1 Å². The van der Waals surface area contributed by atoms with Gasteiger partial charge in [-0.1, -0.05) is 18.2 Å². The minimum atomic E-state index is 0.311. The molecule has 0 atom stereocenters. The number of aromatic nitrogens is 1. The standard InChI is InChI=1S/C11H8ClNO/c12-6-9-5-8-3-1-2-4-10(8)13-11(9)7-14/h1-5,7H,6H2. The zero-order valence-electron chi connectivity index (χ0n) is 7.40. The van der Waals surface area contributed by atoms with Gasteiger partial charge in [0.15, 0.2) is 6.29 Å². The summed E-state index contributed by atoms with van der Waals surface area (Å²) < 4.78 is 0. The van der Waals surface area contributed by atoms with Crippen molar-refractivity contribution in [2.24, 2.45) is 0 Å². The van der Waals surface area contributed by atoms with E-state index in [-0.39, 0.29) is 0 Å². The van der Waals surface area contributed by atoms with Crippen LogP contribution in [0.15, 0.2) is 30.3 Å². The van der Waals surface area contributed by atoms with Gasteiger partial charge in [0.25, 0.3) is 0 Å². The Morgan fingerprint density at radius 2 is 2.14 bits per heavy atom. The highest BCUT2D eigenvalue weighted by molar-refractivity contribution is 6.17. The minimum absolute atomic E-state index is 0.311. The van der Waals surface area contributed by atoms with E-state index in [1.807, 2.05) is 30.3 Å². The first kappa shape index (κ1) is 9.16. The fourth-order valence-electron chi connectivity index (χ4n) is 1.38. The van der Waals surface area contributed by atoms with Crippen LogP contribution in [0.5, 0.6) is 0 Å². The zero-order valence-corrected chi connectivity index (χ0v) is 8.16. The molecule has 0 spiro atoms. The van der Waals surface area contributed by atoms with Crippen molar-refractivity contribution >= 4 is 28.8 Å². The van der Waals surface area contributed by atoms with Crippen LogP contribution in [0, 0.1) is 0 Å². The van der Waals surface area contributed by atoms with Crippen molar-refractivity contribution in [1.29, 1.82) is 0 Å². The van der Waals surface area contributed by atoms with E-state index in [1.54, 1.807) is 0 Å². The van der Waals surface area contributed by atoms with Crippen LogP contribution in [-0.4, -0.2) is 11.3 Å². The molecule has 0 bridgehead atoms. The maximum absolute atomic E-state index is 10.7. The Hall–Kier alpha value is -1.41. The Bertz CT molecular complexity index is 482. The molecule has 1 aromatic heterocycles. The lowest BCUT2D eigenvalue weighted by molar-refractivity contribution is 0.111. The Kier molecular flexibility index (Phi) is 2.46. The van der Waals surface area contributed by atoms with Crippen LogP contribution in [0.25, 0.3) is 10.9 Å². The summed E-state index contributed by atoms with van der Waals surface area (Å²) in [6.07, 6.45) is 0.740. The van der Waals surface area contributed by atoms with Crippen molar-refractivity contribution < 1.29 is 4.79 Å². The lowest BCUT2D eigenvalue weighted by Crippen LogP contribution is -1.94. The van der Waals surface area contributed by atoms with Gasteiger partial charge in [-0.25, -0.2) is 4.98 Å². The number of carbonyl (C=O) groups excluding carboxylic acids is 1. The topological polar surface area (TPSA) is 30.0 Å². The van der Waals surface area contributed by atoms with Crippen LogP contribution < -0.4 is 0 Å². The summed E-state index contributed by atoms with van der Waals surface area (Å²) in [5.41, 5.74) is 2.03. The molecule has 0 unspecified atom stereocenters. The van der Waals surface area contributed by atoms with Crippen LogP contribution in [-0.2, 0) is 5.88 Å². The second-order valence-corrected chi connectivity index (χ2v) is 3.24. The van der Waals surface area contributed by atoms with Gasteiger partial charge in [0, 0.05) is 11.3 Å². The molecular formula is C11H8ClNO. The van der Waals surface area contributed by atoms with Crippen LogP contribution in [0.4, 0.5) is 0 Å². The number of carbonyl (C=O) groups is 1. The number of hydrogen-bond acceptors (Lipinski definition) is 2. The Morgan fingerprint density at radius 1 is 1.36 bits per heavy atom. The Balaban J connectivity index is 2.75. The molecule has 3 heteroatoms. The van der Waals surface area contributed by atoms with Gasteiger partial charge in [-0.3, -0.25) is 4.79 Å². The number of pyridine rings is 1. The number of aldehydes is 1. The number of fused-ring (bicyclic) bond motifs is 1. The highest BCUT2D eigenvalue weighted by atomic mass is 35.5. The molecule has 0 radical (unpaired) electrons. The van der Waals surface area contributed by atoms with Gasteiger partial charge < -0.3 is 0 Å². The third-order valence-corrected chi connectivity index (χ3v) is 2.38. The first-order chi connectivity index (χ1) is 6.85. The number of nitrogens with zero attached hydrogens (tertiary/aromatic N) is 1. The van der Waals surface area contributed by atoms with Gasteiger partial charge in [0.05, 0.1) is 5.52 Å². The monoisotopic (exact) mass is 205 g/mol. The maximum Gasteiger partial charge on any atom is 0.168 e. The van der Waals surface area contributed by atoms with Crippen molar-refractivity contribution in [3.8, 4) is 0 Å². The molecule has 2 aromatic rings. The van der Waals surface area contributed by atoms with Crippen molar-refractivity contribution in [1.82, 2.24) is 4.98 Å². The summed E-state index contributed by atoms with van der Waals surface area (Å²) in [6.45, 7) is 0. The van der Waals surface area contributed by atoms with Crippen LogP contribution in [0.2, 0.25) is 0 Å². The summed E-state index contributed by atoms with van der Waals surface area (Å²) in [6, 6.07) is 9.55. The lowest BCUT2D eigenvalue weighted by Gasteiger charge is -2.02. The molecule has 0 aliphatic rings. The fourth-order valence-corrected chi connectivity index (χ4v) is 1.60. The van der Waals surface area contributed by atoms with Crippen molar-refractivity contribution in [2.75, 3.05) is 0 Å². The molecular weight excluding hydrogens is 198 g/mol. The quantitative estimate of drug-likeness (QED) is 0.558. The van der Waals surface area contributed by atoms with E-state index < -0.39 is 0 Å². The molecule has 70 valence electrons. The maximum atomic E-state index is 10.7. The van der Waals surface area contributed by atoms with E-state index in [0.29, 0.717) is 11.6 Å². The largest absolute Gasteiger partial charge is 0.296 e. The van der Waals surface area contributed by atoms with Gasteiger partial charge in [-0.05, 0) is 17.7 Å². The summed E-state index contributed by atoms with van der Waals surface area (Å²) in [4.78, 5) is 14.9. The van der Waals surface area contributed by atoms with Crippen molar-refractivity contribution in [3.05, 3.63) is 41.6 Å². The van der Waals surface area contributed by atoms with E-state index in [9.17, 15) is 4.79 Å². The molecule has 0 saturated heterocycles. The number of para-hydroxylation sites is 1. The summed E-state index contributed by atoms with van der Waals surface area (Å²) in [7, 11) is 0. The van der Waals surface area contributed by atoms with E-state index in [0.717, 1.165) is 22.8 Å². The van der Waals surface area contributed by atoms with Crippen molar-refractivity contribution in [3.63, 3.8) is 0 Å². The molecule has 14 heavy (non-hydrogen) atoms. The average molecular weight is 206 g/mol. The fraction of sp³-hybridized carbons (Fsp3) is 0.0909. The molecule has 0 fully saturated rings. The van der Waals surface area contributed by atoms with Gasteiger partial charge in [0.2, 0.25) is 0 Å². The minimum Gasteiger partial charge on any atom is -0.296 e. The molecule has 0 aliphatic carbocycles. The van der Waals surface area contributed by atoms with Gasteiger partial charge in [-0.15, -0.1) is 11.6 Å². The predicted molar refractivity (Wildman–Crippen MR) is 56.7 cm³/mol. The summed E-state index contributed by atoms with van der Waals surface area (Å²) in [5, 5.41) is 1.01. The third-order valence-electron chi connectivity index (χ3n) is 2.09. The van der Waals surface area contributed by atoms with Crippen LogP contribution >= 0.6 is 11.6 Å². The van der Waals surface area contributed by atoms with Gasteiger partial charge in [-0.2, -0.15) is 0 Å². The van der Waals surface area contributed by atoms with E-state index in [2.05, 4.69) is 4.98 Å². The summed E-state index contributed by atoms with van der Waals surface area (Å²) in [5.74, 6) is 0.311. The van der Waals surface area contributed by atoms with Gasteiger partial charge in [0.1, 0.15) is 5.69 Å². The predicted octanol–water partition coefficient (Wildman–Crippen LogP) is 2.79. The molecule has 2 rings (SSSR count). The first-order valence-electron chi connectivity index (χ1n) is 4.25. The molecule has 1 heterocycles. The number of benzene rings is 1. The summed E-state index contributed by atoms with van der Waals surface area (Å²) >= 11 is 5.71. The Labute approximate surface area is 86.5 Å².